The third-order valence-corrected chi connectivity index (χ3v) is 3.27. The van der Waals surface area contributed by atoms with Gasteiger partial charge in [0.15, 0.2) is 0 Å². The van der Waals surface area contributed by atoms with Gasteiger partial charge in [-0.15, -0.1) is 0 Å². The lowest BCUT2D eigenvalue weighted by molar-refractivity contribution is -0.125. The zero-order valence-electron chi connectivity index (χ0n) is 11.4. The van der Waals surface area contributed by atoms with E-state index in [4.69, 9.17) is 0 Å². The fourth-order valence-corrected chi connectivity index (χ4v) is 2.31. The summed E-state index contributed by atoms with van der Waals surface area (Å²) in [7, 11) is 0. The maximum Gasteiger partial charge on any atom is 0.405 e. The molecule has 20 heavy (non-hydrogen) atoms. The van der Waals surface area contributed by atoms with Crippen LogP contribution in [0, 0.1) is 0 Å². The molecule has 1 unspecified atom stereocenters. The van der Waals surface area contributed by atoms with Crippen molar-refractivity contribution in [3.05, 3.63) is 0 Å². The summed E-state index contributed by atoms with van der Waals surface area (Å²) in [5.74, 6) is -0.579. The molecule has 1 heterocycles. The Balaban J connectivity index is 2.33. The smallest absolute Gasteiger partial charge is 0.329 e. The second kappa shape index (κ2) is 7.47. The van der Waals surface area contributed by atoms with Gasteiger partial charge in [0, 0.05) is 6.04 Å². The number of amides is 3. The van der Waals surface area contributed by atoms with E-state index in [0.717, 1.165) is 32.2 Å². The highest BCUT2D eigenvalue weighted by atomic mass is 19.4. The molecule has 0 spiro atoms. The third-order valence-electron chi connectivity index (χ3n) is 3.27. The van der Waals surface area contributed by atoms with Crippen LogP contribution in [-0.4, -0.2) is 48.7 Å². The lowest BCUT2D eigenvalue weighted by Gasteiger charge is -2.34. The highest BCUT2D eigenvalue weighted by Gasteiger charge is 2.28. The Morgan fingerprint density at radius 1 is 1.30 bits per heavy atom. The van der Waals surface area contributed by atoms with E-state index in [9.17, 15) is 22.8 Å². The summed E-state index contributed by atoms with van der Waals surface area (Å²) in [6, 6.07) is -0.815. The number of nitrogens with zero attached hydrogens (tertiary/aromatic N) is 1. The van der Waals surface area contributed by atoms with E-state index in [2.05, 4.69) is 0 Å². The Morgan fingerprint density at radius 2 is 2.00 bits per heavy atom. The maximum absolute atomic E-state index is 11.9. The number of imide groups is 1. The molecule has 0 aromatic heterocycles. The molecule has 0 saturated carbocycles. The van der Waals surface area contributed by atoms with Crippen LogP contribution in [0.25, 0.3) is 0 Å². The van der Waals surface area contributed by atoms with Crippen molar-refractivity contribution in [3.63, 3.8) is 0 Å². The van der Waals surface area contributed by atoms with Gasteiger partial charge in [-0.3, -0.25) is 15.0 Å². The van der Waals surface area contributed by atoms with Crippen molar-refractivity contribution in [2.75, 3.05) is 19.6 Å². The topological polar surface area (TPSA) is 61.4 Å². The number of carbonyl (C=O) groups excluding carboxylic acids is 2. The predicted octanol–water partition coefficient (Wildman–Crippen LogP) is 1.64. The van der Waals surface area contributed by atoms with Gasteiger partial charge in [0.2, 0.25) is 5.91 Å². The van der Waals surface area contributed by atoms with Crippen molar-refractivity contribution in [1.29, 1.82) is 0 Å². The van der Waals surface area contributed by atoms with Crippen molar-refractivity contribution in [3.8, 4) is 0 Å². The Kier molecular flexibility index (Phi) is 6.25. The van der Waals surface area contributed by atoms with Gasteiger partial charge < -0.3 is 5.32 Å². The molecule has 0 aliphatic carbocycles. The molecular weight excluding hydrogens is 275 g/mol. The Hall–Kier alpha value is -1.31. The number of alkyl halides is 3. The summed E-state index contributed by atoms with van der Waals surface area (Å²) < 4.78 is 35.7. The number of likely N-dealkylation sites (tertiary alicyclic amines) is 1. The first-order chi connectivity index (χ1) is 9.31. The lowest BCUT2D eigenvalue weighted by atomic mass is 10.0. The molecular formula is C12H20F3N3O2. The van der Waals surface area contributed by atoms with Crippen LogP contribution >= 0.6 is 0 Å². The van der Waals surface area contributed by atoms with Crippen LogP contribution in [-0.2, 0) is 4.79 Å². The Bertz CT molecular complexity index is 347. The van der Waals surface area contributed by atoms with Crippen LogP contribution in [0.15, 0.2) is 0 Å². The summed E-state index contributed by atoms with van der Waals surface area (Å²) in [4.78, 5) is 24.7. The number of piperidine rings is 1. The average molecular weight is 295 g/mol. The van der Waals surface area contributed by atoms with Crippen molar-refractivity contribution >= 4 is 11.9 Å². The van der Waals surface area contributed by atoms with Gasteiger partial charge >= 0.3 is 12.2 Å². The van der Waals surface area contributed by atoms with E-state index >= 15 is 0 Å². The summed E-state index contributed by atoms with van der Waals surface area (Å²) in [5.41, 5.74) is 0. The molecule has 1 aliphatic rings. The number of rotatable bonds is 4. The summed E-state index contributed by atoms with van der Waals surface area (Å²) in [6.07, 6.45) is -0.467. The molecule has 1 fully saturated rings. The van der Waals surface area contributed by atoms with Gasteiger partial charge in [-0.25, -0.2) is 4.79 Å². The van der Waals surface area contributed by atoms with Crippen molar-refractivity contribution < 1.29 is 22.8 Å². The van der Waals surface area contributed by atoms with Crippen LogP contribution < -0.4 is 10.6 Å². The van der Waals surface area contributed by atoms with Gasteiger partial charge in [0.05, 0.1) is 6.54 Å². The summed E-state index contributed by atoms with van der Waals surface area (Å²) in [5, 5.41) is 3.52. The average Bonchev–Trinajstić information content (AvgIpc) is 2.36. The van der Waals surface area contributed by atoms with Crippen molar-refractivity contribution in [1.82, 2.24) is 15.5 Å². The molecule has 0 aromatic carbocycles. The molecule has 116 valence electrons. The van der Waals surface area contributed by atoms with Crippen LogP contribution in [0.2, 0.25) is 0 Å². The lowest BCUT2D eigenvalue weighted by Crippen LogP contribution is -2.49. The van der Waals surface area contributed by atoms with Gasteiger partial charge in [0.25, 0.3) is 0 Å². The minimum Gasteiger partial charge on any atom is -0.329 e. The first-order valence-corrected chi connectivity index (χ1v) is 6.70. The number of hydrogen-bond donors (Lipinski definition) is 2. The Morgan fingerprint density at radius 3 is 2.60 bits per heavy atom. The van der Waals surface area contributed by atoms with E-state index in [1.165, 1.54) is 0 Å². The first kappa shape index (κ1) is 16.7. The minimum atomic E-state index is -4.49. The normalized spacial score (nSPS) is 20.5. The zero-order chi connectivity index (χ0) is 15.2. The molecule has 0 aromatic rings. The number of carbonyl (C=O) groups is 2. The molecule has 5 nitrogen and oxygen atoms in total. The first-order valence-electron chi connectivity index (χ1n) is 6.70. The number of nitrogens with one attached hydrogen (secondary N) is 2. The van der Waals surface area contributed by atoms with Gasteiger partial charge in [-0.1, -0.05) is 13.3 Å². The molecule has 2 N–H and O–H groups in total. The van der Waals surface area contributed by atoms with E-state index < -0.39 is 24.7 Å². The largest absolute Gasteiger partial charge is 0.405 e. The third kappa shape index (κ3) is 6.23. The van der Waals surface area contributed by atoms with E-state index in [1.54, 1.807) is 5.32 Å². The second-order valence-corrected chi connectivity index (χ2v) is 4.87. The summed E-state index contributed by atoms with van der Waals surface area (Å²) in [6.45, 7) is 1.39. The molecule has 0 bridgehead atoms. The molecule has 1 saturated heterocycles. The Labute approximate surface area is 115 Å². The molecule has 1 atom stereocenters. The van der Waals surface area contributed by atoms with Crippen LogP contribution in [0.1, 0.15) is 32.6 Å². The molecule has 3 amide bonds. The molecule has 1 rings (SSSR count). The summed E-state index contributed by atoms with van der Waals surface area (Å²) >= 11 is 0. The fourth-order valence-electron chi connectivity index (χ4n) is 2.31. The number of hydrogen-bond acceptors (Lipinski definition) is 3. The van der Waals surface area contributed by atoms with Crippen LogP contribution in [0.4, 0.5) is 18.0 Å². The van der Waals surface area contributed by atoms with E-state index in [-0.39, 0.29) is 6.54 Å². The van der Waals surface area contributed by atoms with E-state index in [0.29, 0.717) is 6.04 Å². The minimum absolute atomic E-state index is 0.0396. The van der Waals surface area contributed by atoms with Gasteiger partial charge in [-0.05, 0) is 25.8 Å². The monoisotopic (exact) mass is 295 g/mol. The molecule has 1 aliphatic heterocycles. The molecule has 0 radical (unpaired) electrons. The fraction of sp³-hybridized carbons (Fsp3) is 0.833. The number of urea groups is 1. The highest BCUT2D eigenvalue weighted by molar-refractivity contribution is 5.95. The van der Waals surface area contributed by atoms with Crippen molar-refractivity contribution in [2.24, 2.45) is 0 Å². The highest BCUT2D eigenvalue weighted by Crippen LogP contribution is 2.18. The van der Waals surface area contributed by atoms with Crippen LogP contribution in [0.5, 0.6) is 0 Å². The molecule has 8 heteroatoms. The van der Waals surface area contributed by atoms with Gasteiger partial charge in [0.1, 0.15) is 6.54 Å². The standard InChI is InChI=1S/C12H20F3N3O2/c1-2-9-5-3-4-6-18(9)7-10(19)17-11(20)16-8-12(13,14)15/h9H,2-8H2,1H3,(H2,16,17,19,20). The van der Waals surface area contributed by atoms with Crippen LogP contribution in [0.3, 0.4) is 0 Å². The second-order valence-electron chi connectivity index (χ2n) is 4.87. The number of halogens is 3. The maximum atomic E-state index is 11.9. The van der Waals surface area contributed by atoms with Gasteiger partial charge in [-0.2, -0.15) is 13.2 Å². The van der Waals surface area contributed by atoms with E-state index in [1.807, 2.05) is 17.1 Å². The van der Waals surface area contributed by atoms with Crippen molar-refractivity contribution in [2.45, 2.75) is 44.8 Å². The quantitative estimate of drug-likeness (QED) is 0.829. The predicted molar refractivity (Wildman–Crippen MR) is 67.1 cm³/mol. The zero-order valence-corrected chi connectivity index (χ0v) is 11.4. The SMILES string of the molecule is CCC1CCCCN1CC(=O)NC(=O)NCC(F)(F)F.